The summed E-state index contributed by atoms with van der Waals surface area (Å²) >= 11 is 0. The van der Waals surface area contributed by atoms with Crippen molar-refractivity contribution in [2.45, 2.75) is 20.8 Å². The zero-order valence-corrected chi connectivity index (χ0v) is 8.10. The van der Waals surface area contributed by atoms with Crippen LogP contribution in [0.15, 0.2) is 36.5 Å². The van der Waals surface area contributed by atoms with Gasteiger partial charge >= 0.3 is 0 Å². The topological polar surface area (TPSA) is 0 Å². The molecule has 0 saturated heterocycles. The van der Waals surface area contributed by atoms with Crippen molar-refractivity contribution in [2.75, 3.05) is 6.67 Å². The van der Waals surface area contributed by atoms with Crippen LogP contribution in [0.5, 0.6) is 0 Å². The van der Waals surface area contributed by atoms with Crippen LogP contribution in [0, 0.1) is 5.41 Å². The lowest BCUT2D eigenvalue weighted by molar-refractivity contribution is 0.514. The zero-order chi connectivity index (χ0) is 9.61. The zero-order valence-electron chi connectivity index (χ0n) is 8.10. The Balaban J connectivity index is 4.57. The molecule has 0 atom stereocenters. The Bertz CT molecular complexity index is 192. The van der Waals surface area contributed by atoms with E-state index in [1.165, 1.54) is 6.08 Å². The Morgan fingerprint density at radius 2 is 2.00 bits per heavy atom. The largest absolute Gasteiger partial charge is 0.247 e. The van der Waals surface area contributed by atoms with Gasteiger partial charge in [-0.15, -0.1) is 0 Å². The van der Waals surface area contributed by atoms with Gasteiger partial charge < -0.3 is 0 Å². The van der Waals surface area contributed by atoms with Crippen LogP contribution in [0.3, 0.4) is 0 Å². The van der Waals surface area contributed by atoms with Crippen LogP contribution in [-0.2, 0) is 0 Å². The summed E-state index contributed by atoms with van der Waals surface area (Å²) in [6.45, 7) is 9.47. The van der Waals surface area contributed by atoms with E-state index in [9.17, 15) is 4.39 Å². The number of rotatable bonds is 3. The number of halogens is 1. The van der Waals surface area contributed by atoms with Gasteiger partial charge in [-0.1, -0.05) is 51.7 Å². The van der Waals surface area contributed by atoms with E-state index in [0.29, 0.717) is 0 Å². The van der Waals surface area contributed by atoms with E-state index in [1.54, 1.807) is 6.08 Å². The van der Waals surface area contributed by atoms with Gasteiger partial charge in [0.25, 0.3) is 0 Å². The van der Waals surface area contributed by atoms with E-state index >= 15 is 0 Å². The number of hydrogen-bond acceptors (Lipinski definition) is 0. The quantitative estimate of drug-likeness (QED) is 0.564. The van der Waals surface area contributed by atoms with Gasteiger partial charge in [-0.05, 0) is 11.0 Å². The fourth-order valence-corrected chi connectivity index (χ4v) is 0.854. The summed E-state index contributed by atoms with van der Waals surface area (Å²) in [4.78, 5) is 0. The minimum Gasteiger partial charge on any atom is -0.247 e. The third kappa shape index (κ3) is 4.12. The molecule has 0 N–H and O–H groups in total. The van der Waals surface area contributed by atoms with Gasteiger partial charge in [0.05, 0.1) is 0 Å². The predicted octanol–water partition coefficient (Wildman–Crippen LogP) is 3.67. The number of allylic oxidation sites excluding steroid dienone is 5. The smallest absolute Gasteiger partial charge is 0.108 e. The molecule has 0 aliphatic carbocycles. The maximum Gasteiger partial charge on any atom is 0.108 e. The first-order valence-electron chi connectivity index (χ1n) is 4.08. The van der Waals surface area contributed by atoms with Gasteiger partial charge in [0.1, 0.15) is 6.67 Å². The lowest BCUT2D eigenvalue weighted by Crippen LogP contribution is -2.07. The summed E-state index contributed by atoms with van der Waals surface area (Å²) in [6.07, 6.45) is 6.96. The standard InChI is InChI=1S/C11H17F/c1-5-7-10(8-6-9-12)11(2,3)4/h5-8H,1,9H2,2-4H3/b8-6-,10-7+. The van der Waals surface area contributed by atoms with Crippen molar-refractivity contribution in [3.05, 3.63) is 36.5 Å². The highest BCUT2D eigenvalue weighted by atomic mass is 19.1. The van der Waals surface area contributed by atoms with Crippen LogP contribution in [0.25, 0.3) is 0 Å². The molecule has 0 fully saturated rings. The third-order valence-corrected chi connectivity index (χ3v) is 1.55. The van der Waals surface area contributed by atoms with Crippen molar-refractivity contribution in [1.29, 1.82) is 0 Å². The predicted molar refractivity (Wildman–Crippen MR) is 52.9 cm³/mol. The molecule has 0 aromatic heterocycles. The molecular weight excluding hydrogens is 151 g/mol. The fourth-order valence-electron chi connectivity index (χ4n) is 0.854. The third-order valence-electron chi connectivity index (χ3n) is 1.55. The average Bonchev–Trinajstić information content (AvgIpc) is 1.95. The molecule has 0 bridgehead atoms. The van der Waals surface area contributed by atoms with Crippen molar-refractivity contribution in [1.82, 2.24) is 0 Å². The molecule has 12 heavy (non-hydrogen) atoms. The molecule has 0 aliphatic heterocycles. The highest BCUT2D eigenvalue weighted by Gasteiger charge is 2.12. The SMILES string of the molecule is C=C/C=C(\C=C/CF)C(C)(C)C. The fraction of sp³-hybridized carbons (Fsp3) is 0.455. The Labute approximate surface area is 74.5 Å². The van der Waals surface area contributed by atoms with Crippen molar-refractivity contribution < 1.29 is 4.39 Å². The Kier molecular flexibility index (Phi) is 4.57. The first-order valence-corrected chi connectivity index (χ1v) is 4.08. The van der Waals surface area contributed by atoms with Crippen LogP contribution >= 0.6 is 0 Å². The maximum absolute atomic E-state index is 11.8. The molecule has 0 aromatic rings. The Morgan fingerprint density at radius 3 is 2.33 bits per heavy atom. The number of alkyl halides is 1. The van der Waals surface area contributed by atoms with Gasteiger partial charge in [-0.3, -0.25) is 0 Å². The molecule has 0 nitrogen and oxygen atoms in total. The lowest BCUT2D eigenvalue weighted by atomic mass is 9.86. The highest BCUT2D eigenvalue weighted by molar-refractivity contribution is 5.28. The summed E-state index contributed by atoms with van der Waals surface area (Å²) in [5, 5.41) is 0. The van der Waals surface area contributed by atoms with Gasteiger partial charge in [-0.2, -0.15) is 0 Å². The van der Waals surface area contributed by atoms with Crippen molar-refractivity contribution in [2.24, 2.45) is 5.41 Å². The molecule has 0 heterocycles. The van der Waals surface area contributed by atoms with Gasteiger partial charge in [0.2, 0.25) is 0 Å². The molecule has 0 aromatic carbocycles. The average molecular weight is 168 g/mol. The van der Waals surface area contributed by atoms with Crippen molar-refractivity contribution >= 4 is 0 Å². The summed E-state index contributed by atoms with van der Waals surface area (Å²) in [6, 6.07) is 0. The second-order valence-electron chi connectivity index (χ2n) is 3.66. The summed E-state index contributed by atoms with van der Waals surface area (Å²) in [5.41, 5.74) is 1.15. The lowest BCUT2D eigenvalue weighted by Gasteiger charge is -2.19. The second kappa shape index (κ2) is 4.91. The van der Waals surface area contributed by atoms with Crippen LogP contribution < -0.4 is 0 Å². The Hall–Kier alpha value is -0.850. The normalized spacial score (nSPS) is 13.8. The van der Waals surface area contributed by atoms with E-state index in [2.05, 4.69) is 27.4 Å². The van der Waals surface area contributed by atoms with E-state index in [-0.39, 0.29) is 5.41 Å². The molecule has 1 heteroatoms. The van der Waals surface area contributed by atoms with Gasteiger partial charge in [0.15, 0.2) is 0 Å². The molecule has 0 radical (unpaired) electrons. The minimum absolute atomic E-state index is 0.0554. The maximum atomic E-state index is 11.8. The molecule has 0 rings (SSSR count). The molecule has 0 spiro atoms. The van der Waals surface area contributed by atoms with Crippen molar-refractivity contribution in [3.8, 4) is 0 Å². The Morgan fingerprint density at radius 1 is 1.42 bits per heavy atom. The van der Waals surface area contributed by atoms with Gasteiger partial charge in [0, 0.05) is 0 Å². The van der Waals surface area contributed by atoms with E-state index in [1.807, 2.05) is 12.2 Å². The van der Waals surface area contributed by atoms with Crippen LogP contribution in [0.4, 0.5) is 4.39 Å². The molecule has 68 valence electrons. The molecule has 0 unspecified atom stereocenters. The minimum atomic E-state index is -0.412. The van der Waals surface area contributed by atoms with Crippen molar-refractivity contribution in [3.63, 3.8) is 0 Å². The molecular formula is C11H17F. The van der Waals surface area contributed by atoms with Crippen LogP contribution in [-0.4, -0.2) is 6.67 Å². The summed E-state index contributed by atoms with van der Waals surface area (Å²) in [5.74, 6) is 0. The van der Waals surface area contributed by atoms with E-state index in [4.69, 9.17) is 0 Å². The molecule has 0 aliphatic rings. The number of hydrogen-bond donors (Lipinski definition) is 0. The van der Waals surface area contributed by atoms with E-state index < -0.39 is 6.67 Å². The monoisotopic (exact) mass is 168 g/mol. The second-order valence-corrected chi connectivity index (χ2v) is 3.66. The summed E-state index contributed by atoms with van der Waals surface area (Å²) < 4.78 is 11.8. The van der Waals surface area contributed by atoms with Crippen LogP contribution in [0.2, 0.25) is 0 Å². The van der Waals surface area contributed by atoms with Crippen LogP contribution in [0.1, 0.15) is 20.8 Å². The molecule has 0 saturated carbocycles. The summed E-state index contributed by atoms with van der Waals surface area (Å²) in [7, 11) is 0. The highest BCUT2D eigenvalue weighted by Crippen LogP contribution is 2.25. The first kappa shape index (κ1) is 11.2. The van der Waals surface area contributed by atoms with E-state index in [0.717, 1.165) is 5.57 Å². The first-order chi connectivity index (χ1) is 5.52. The molecule has 0 amide bonds. The van der Waals surface area contributed by atoms with Gasteiger partial charge in [-0.25, -0.2) is 4.39 Å².